The minimum atomic E-state index is -0.308. The van der Waals surface area contributed by atoms with Gasteiger partial charge in [-0.2, -0.15) is 0 Å². The number of piperidine rings is 1. The van der Waals surface area contributed by atoms with Gasteiger partial charge in [-0.15, -0.1) is 12.4 Å². The van der Waals surface area contributed by atoms with Gasteiger partial charge in [0, 0.05) is 30.1 Å². The first-order chi connectivity index (χ1) is 11.5. The van der Waals surface area contributed by atoms with Gasteiger partial charge in [0.1, 0.15) is 11.5 Å². The van der Waals surface area contributed by atoms with Gasteiger partial charge >= 0.3 is 0 Å². The number of halogens is 1. The lowest BCUT2D eigenvalue weighted by molar-refractivity contribution is -0.139. The highest BCUT2D eigenvalue weighted by Gasteiger charge is 2.55. The third kappa shape index (κ3) is 3.32. The summed E-state index contributed by atoms with van der Waals surface area (Å²) in [4.78, 5) is 15.3. The van der Waals surface area contributed by atoms with Crippen LogP contribution in [0.15, 0.2) is 18.2 Å². The topological polar surface area (TPSA) is 50.8 Å². The Hall–Kier alpha value is -1.46. The molecule has 1 aromatic carbocycles. The van der Waals surface area contributed by atoms with E-state index in [-0.39, 0.29) is 29.8 Å². The highest BCUT2D eigenvalue weighted by Crippen LogP contribution is 2.52. The largest absolute Gasteiger partial charge is 0.497 e. The number of nitrogens with zero attached hydrogens (tertiary/aromatic N) is 1. The Morgan fingerprint density at radius 1 is 1.20 bits per heavy atom. The van der Waals surface area contributed by atoms with Crippen LogP contribution < -0.4 is 14.8 Å². The van der Waals surface area contributed by atoms with Crippen molar-refractivity contribution in [3.8, 4) is 11.5 Å². The molecular weight excluding hydrogens is 340 g/mol. The second-order valence-corrected chi connectivity index (χ2v) is 7.12. The minimum Gasteiger partial charge on any atom is -0.497 e. The summed E-state index contributed by atoms with van der Waals surface area (Å²) in [5, 5.41) is 3.40. The summed E-state index contributed by atoms with van der Waals surface area (Å²) in [6.45, 7) is 6.75. The van der Waals surface area contributed by atoms with Gasteiger partial charge in [0.15, 0.2) is 0 Å². The molecule has 1 aromatic rings. The van der Waals surface area contributed by atoms with E-state index in [1.165, 1.54) is 0 Å². The summed E-state index contributed by atoms with van der Waals surface area (Å²) >= 11 is 0. The van der Waals surface area contributed by atoms with Crippen molar-refractivity contribution in [1.82, 2.24) is 10.2 Å². The molecule has 1 atom stereocenters. The predicted octanol–water partition coefficient (Wildman–Crippen LogP) is 2.83. The van der Waals surface area contributed by atoms with Crippen molar-refractivity contribution in [3.05, 3.63) is 23.8 Å². The molecule has 2 aliphatic heterocycles. The molecule has 3 rings (SSSR count). The molecule has 2 aliphatic rings. The molecule has 25 heavy (non-hydrogen) atoms. The highest BCUT2D eigenvalue weighted by atomic mass is 35.5. The number of ether oxygens (including phenoxy) is 2. The maximum Gasteiger partial charge on any atom is 0.229 e. The number of methoxy groups -OCH3 is 2. The van der Waals surface area contributed by atoms with Crippen LogP contribution in [-0.4, -0.2) is 50.7 Å². The Morgan fingerprint density at radius 2 is 1.88 bits per heavy atom. The van der Waals surface area contributed by atoms with E-state index in [9.17, 15) is 4.79 Å². The molecule has 2 heterocycles. The number of rotatable bonds is 4. The average molecular weight is 369 g/mol. The second-order valence-electron chi connectivity index (χ2n) is 7.12. The zero-order chi connectivity index (χ0) is 17.3. The maximum atomic E-state index is 13.3. The Kier molecular flexibility index (Phi) is 6.22. The van der Waals surface area contributed by atoms with Gasteiger partial charge in [-0.25, -0.2) is 0 Å². The third-order valence-electron chi connectivity index (χ3n) is 5.67. The number of carbonyl (C=O) groups excluding carboxylic acids is 1. The Morgan fingerprint density at radius 3 is 2.44 bits per heavy atom. The molecule has 1 N–H and O–H groups in total. The number of likely N-dealkylation sites (tertiary alicyclic amines) is 1. The first-order valence-corrected chi connectivity index (χ1v) is 8.77. The second kappa shape index (κ2) is 7.83. The van der Waals surface area contributed by atoms with Crippen molar-refractivity contribution in [1.29, 1.82) is 0 Å². The van der Waals surface area contributed by atoms with Gasteiger partial charge in [-0.3, -0.25) is 4.79 Å². The summed E-state index contributed by atoms with van der Waals surface area (Å²) < 4.78 is 11.0. The monoisotopic (exact) mass is 368 g/mol. The lowest BCUT2D eigenvalue weighted by atomic mass is 9.68. The Bertz CT molecular complexity index is 615. The van der Waals surface area contributed by atoms with Crippen LogP contribution in [0.3, 0.4) is 0 Å². The zero-order valence-electron chi connectivity index (χ0n) is 15.5. The van der Waals surface area contributed by atoms with Gasteiger partial charge < -0.3 is 19.7 Å². The number of hydrogen-bond donors (Lipinski definition) is 1. The van der Waals surface area contributed by atoms with Crippen LogP contribution in [0.5, 0.6) is 11.5 Å². The van der Waals surface area contributed by atoms with Crippen LogP contribution in [0.2, 0.25) is 0 Å². The molecule has 5 nitrogen and oxygen atoms in total. The zero-order valence-corrected chi connectivity index (χ0v) is 16.3. The van der Waals surface area contributed by atoms with Gasteiger partial charge in [-0.1, -0.05) is 6.07 Å². The average Bonchev–Trinajstić information content (AvgIpc) is 2.88. The van der Waals surface area contributed by atoms with Gasteiger partial charge in [0.2, 0.25) is 5.91 Å². The molecule has 1 unspecified atom stereocenters. The van der Waals surface area contributed by atoms with Crippen LogP contribution in [0.1, 0.15) is 38.2 Å². The lowest BCUT2D eigenvalue weighted by Crippen LogP contribution is -2.45. The minimum absolute atomic E-state index is 0. The van der Waals surface area contributed by atoms with E-state index in [0.717, 1.165) is 49.5 Å². The molecule has 0 radical (unpaired) electrons. The number of amides is 1. The fourth-order valence-electron chi connectivity index (χ4n) is 4.27. The van der Waals surface area contributed by atoms with Crippen molar-refractivity contribution in [2.24, 2.45) is 5.41 Å². The van der Waals surface area contributed by atoms with Gasteiger partial charge in [-0.05, 0) is 45.8 Å². The van der Waals surface area contributed by atoms with Crippen molar-refractivity contribution >= 4 is 18.3 Å². The van der Waals surface area contributed by atoms with E-state index in [1.54, 1.807) is 14.2 Å². The van der Waals surface area contributed by atoms with E-state index in [1.807, 2.05) is 17.0 Å². The molecule has 1 amide bonds. The van der Waals surface area contributed by atoms with Crippen LogP contribution in [0, 0.1) is 5.41 Å². The van der Waals surface area contributed by atoms with E-state index < -0.39 is 0 Å². The van der Waals surface area contributed by atoms with Crippen molar-refractivity contribution in [2.75, 3.05) is 33.9 Å². The van der Waals surface area contributed by atoms with E-state index in [2.05, 4.69) is 25.2 Å². The summed E-state index contributed by atoms with van der Waals surface area (Å²) in [5.74, 6) is 2.06. The first kappa shape index (κ1) is 19.9. The molecular formula is C19H29ClN2O3. The molecule has 0 aliphatic carbocycles. The third-order valence-corrected chi connectivity index (χ3v) is 5.67. The Balaban J connectivity index is 0.00000225. The quantitative estimate of drug-likeness (QED) is 0.887. The van der Waals surface area contributed by atoms with Crippen LogP contribution in [-0.2, 0) is 4.79 Å². The molecule has 2 saturated heterocycles. The van der Waals surface area contributed by atoms with Gasteiger partial charge in [0.05, 0.1) is 19.6 Å². The molecule has 0 aromatic heterocycles. The molecule has 2 fully saturated rings. The standard InChI is InChI=1S/C19H28N2O3.ClH/c1-13(2)21-12-16(19(18(21)22)7-9-20-10-8-19)15-6-5-14(23-3)11-17(15)24-4;/h5-6,11,13,16,20H,7-10,12H2,1-4H3;1H. The highest BCUT2D eigenvalue weighted by molar-refractivity contribution is 5.87. The van der Waals surface area contributed by atoms with E-state index in [0.29, 0.717) is 5.91 Å². The SMILES string of the molecule is COc1ccc(C2CN(C(C)C)C(=O)C23CCNCC3)c(OC)c1.Cl. The molecule has 1 spiro atoms. The fraction of sp³-hybridized carbons (Fsp3) is 0.632. The number of benzene rings is 1. The molecule has 140 valence electrons. The van der Waals surface area contributed by atoms with Crippen molar-refractivity contribution < 1.29 is 14.3 Å². The number of nitrogens with one attached hydrogen (secondary N) is 1. The smallest absolute Gasteiger partial charge is 0.229 e. The number of carbonyl (C=O) groups is 1. The van der Waals surface area contributed by atoms with E-state index >= 15 is 0 Å². The lowest BCUT2D eigenvalue weighted by Gasteiger charge is -2.37. The van der Waals surface area contributed by atoms with Crippen LogP contribution in [0.25, 0.3) is 0 Å². The van der Waals surface area contributed by atoms with Crippen LogP contribution in [0.4, 0.5) is 0 Å². The summed E-state index contributed by atoms with van der Waals surface area (Å²) in [6, 6.07) is 6.18. The summed E-state index contributed by atoms with van der Waals surface area (Å²) in [7, 11) is 3.34. The number of hydrogen-bond acceptors (Lipinski definition) is 4. The normalized spacial score (nSPS) is 22.2. The molecule has 0 saturated carbocycles. The van der Waals surface area contributed by atoms with Crippen molar-refractivity contribution in [2.45, 2.75) is 38.6 Å². The Labute approximate surface area is 156 Å². The maximum absolute atomic E-state index is 13.3. The van der Waals surface area contributed by atoms with E-state index in [4.69, 9.17) is 9.47 Å². The molecule has 6 heteroatoms. The molecule has 0 bridgehead atoms. The summed E-state index contributed by atoms with van der Waals surface area (Å²) in [6.07, 6.45) is 1.77. The van der Waals surface area contributed by atoms with Crippen LogP contribution >= 0.6 is 12.4 Å². The summed E-state index contributed by atoms with van der Waals surface area (Å²) in [5.41, 5.74) is 0.814. The first-order valence-electron chi connectivity index (χ1n) is 8.77. The van der Waals surface area contributed by atoms with Crippen molar-refractivity contribution in [3.63, 3.8) is 0 Å². The van der Waals surface area contributed by atoms with Gasteiger partial charge in [0.25, 0.3) is 0 Å². The fourth-order valence-corrected chi connectivity index (χ4v) is 4.27. The predicted molar refractivity (Wildman–Crippen MR) is 101 cm³/mol.